The number of nitrogens with one attached hydrogen (secondary N) is 1. The Hall–Kier alpha value is -4.42. The third-order valence-corrected chi connectivity index (χ3v) is 8.72. The zero-order valence-corrected chi connectivity index (χ0v) is 23.2. The number of fused-ring (bicyclic) bond motifs is 1. The van der Waals surface area contributed by atoms with Crippen LogP contribution in [0.25, 0.3) is 32.3 Å². The molecule has 5 aromatic rings. The number of hydrogen-bond donors (Lipinski definition) is 1. The van der Waals surface area contributed by atoms with E-state index in [1.165, 1.54) is 18.4 Å². The van der Waals surface area contributed by atoms with Crippen LogP contribution in [0.5, 0.6) is 0 Å². The summed E-state index contributed by atoms with van der Waals surface area (Å²) in [5.74, 6) is -0.157. The van der Waals surface area contributed by atoms with Crippen molar-refractivity contribution >= 4 is 38.5 Å². The van der Waals surface area contributed by atoms with Gasteiger partial charge in [-0.25, -0.2) is 4.79 Å². The normalized spacial score (nSPS) is 14.3. The van der Waals surface area contributed by atoms with Gasteiger partial charge in [-0.05, 0) is 53.6 Å². The van der Waals surface area contributed by atoms with Crippen molar-refractivity contribution in [1.29, 1.82) is 0 Å². The standard InChI is InChI=1S/C34H29NO4S/c1-22(23-8-4-3-5-9-23)39-33(37)35-31-30(28-10-6-7-11-29(28)40-31)26-14-12-24(13-15-26)25-16-18-27(19-17-25)34(20-21-34)32(36)38-2/h3-19,22H,20-21H2,1-2H3,(H,35,37)/t22-/m1/s1. The number of methoxy groups -OCH3 is 1. The molecule has 5 nitrogen and oxygen atoms in total. The number of rotatable bonds is 7. The number of esters is 1. The molecule has 1 saturated carbocycles. The molecular formula is C34H29NO4S. The zero-order valence-electron chi connectivity index (χ0n) is 22.3. The van der Waals surface area contributed by atoms with Crippen molar-refractivity contribution in [1.82, 2.24) is 0 Å². The fourth-order valence-corrected chi connectivity index (χ4v) is 6.35. The number of anilines is 1. The number of thiophene rings is 1. The average molecular weight is 548 g/mol. The van der Waals surface area contributed by atoms with Gasteiger partial charge in [-0.3, -0.25) is 10.1 Å². The van der Waals surface area contributed by atoms with Crippen LogP contribution < -0.4 is 5.32 Å². The zero-order chi connectivity index (χ0) is 27.7. The van der Waals surface area contributed by atoms with Crippen molar-refractivity contribution in [2.75, 3.05) is 12.4 Å². The predicted octanol–water partition coefficient (Wildman–Crippen LogP) is 8.75. The van der Waals surface area contributed by atoms with Gasteiger partial charge < -0.3 is 9.47 Å². The van der Waals surface area contributed by atoms with E-state index < -0.39 is 11.5 Å². The molecule has 1 amide bonds. The van der Waals surface area contributed by atoms with E-state index in [0.717, 1.165) is 61.3 Å². The summed E-state index contributed by atoms with van der Waals surface area (Å²) in [5, 5.41) is 4.83. The van der Waals surface area contributed by atoms with Gasteiger partial charge in [0.2, 0.25) is 0 Å². The molecule has 0 unspecified atom stereocenters. The van der Waals surface area contributed by atoms with E-state index in [-0.39, 0.29) is 12.1 Å². The summed E-state index contributed by atoms with van der Waals surface area (Å²) >= 11 is 1.53. The van der Waals surface area contributed by atoms with Gasteiger partial charge in [-0.2, -0.15) is 0 Å². The molecule has 0 radical (unpaired) electrons. The number of ether oxygens (including phenoxy) is 2. The number of carbonyl (C=O) groups is 2. The summed E-state index contributed by atoms with van der Waals surface area (Å²) in [7, 11) is 1.45. The average Bonchev–Trinajstić information content (AvgIpc) is 3.73. The largest absolute Gasteiger partial charge is 0.468 e. The van der Waals surface area contributed by atoms with Crippen molar-refractivity contribution in [2.24, 2.45) is 0 Å². The Morgan fingerprint density at radius 3 is 2.05 bits per heavy atom. The van der Waals surface area contributed by atoms with Crippen LogP contribution in [0.4, 0.5) is 9.80 Å². The topological polar surface area (TPSA) is 64.6 Å². The minimum Gasteiger partial charge on any atom is -0.468 e. The number of amides is 1. The molecule has 0 saturated heterocycles. The van der Waals surface area contributed by atoms with Gasteiger partial charge in [0, 0.05) is 15.6 Å². The molecule has 0 spiro atoms. The lowest BCUT2D eigenvalue weighted by atomic mass is 9.93. The predicted molar refractivity (Wildman–Crippen MR) is 161 cm³/mol. The van der Waals surface area contributed by atoms with Crippen LogP contribution >= 0.6 is 11.3 Å². The van der Waals surface area contributed by atoms with Crippen LogP contribution in [0.1, 0.15) is 37.0 Å². The van der Waals surface area contributed by atoms with Crippen LogP contribution in [0, 0.1) is 0 Å². The second-order valence-electron chi connectivity index (χ2n) is 10.1. The minimum atomic E-state index is -0.485. The molecule has 1 atom stereocenters. The summed E-state index contributed by atoms with van der Waals surface area (Å²) in [6.45, 7) is 1.87. The Kier molecular flexibility index (Phi) is 6.86. The molecular weight excluding hydrogens is 518 g/mol. The van der Waals surface area contributed by atoms with Crippen molar-refractivity contribution in [2.45, 2.75) is 31.3 Å². The molecule has 0 aliphatic heterocycles. The van der Waals surface area contributed by atoms with E-state index in [4.69, 9.17) is 9.47 Å². The van der Waals surface area contributed by atoms with E-state index in [1.807, 2.05) is 61.5 Å². The molecule has 1 N–H and O–H groups in total. The summed E-state index contributed by atoms with van der Waals surface area (Å²) in [5.41, 5.74) is 5.60. The maximum atomic E-state index is 12.9. The Labute approximate surface area is 237 Å². The molecule has 6 rings (SSSR count). The Balaban J connectivity index is 1.25. The van der Waals surface area contributed by atoms with E-state index in [9.17, 15) is 9.59 Å². The first-order chi connectivity index (χ1) is 19.5. The smallest absolute Gasteiger partial charge is 0.412 e. The minimum absolute atomic E-state index is 0.157. The highest BCUT2D eigenvalue weighted by molar-refractivity contribution is 7.23. The molecule has 1 fully saturated rings. The highest BCUT2D eigenvalue weighted by atomic mass is 32.1. The quantitative estimate of drug-likeness (QED) is 0.207. The SMILES string of the molecule is COC(=O)C1(c2ccc(-c3ccc(-c4c(NC(=O)O[C@H](C)c5ccccc5)sc5ccccc45)cc3)cc2)CC1. The molecule has 6 heteroatoms. The number of hydrogen-bond acceptors (Lipinski definition) is 5. The molecule has 1 aliphatic rings. The van der Waals surface area contributed by atoms with E-state index >= 15 is 0 Å². The van der Waals surface area contributed by atoms with Crippen LogP contribution in [-0.4, -0.2) is 19.2 Å². The first kappa shape index (κ1) is 25.8. The molecule has 0 bridgehead atoms. The highest BCUT2D eigenvalue weighted by Gasteiger charge is 2.52. The monoisotopic (exact) mass is 547 g/mol. The third-order valence-electron chi connectivity index (χ3n) is 7.63. The van der Waals surface area contributed by atoms with Gasteiger partial charge in [0.1, 0.15) is 11.1 Å². The lowest BCUT2D eigenvalue weighted by Crippen LogP contribution is -2.21. The summed E-state index contributed by atoms with van der Waals surface area (Å²) < 4.78 is 11.8. The van der Waals surface area contributed by atoms with Gasteiger partial charge >= 0.3 is 12.1 Å². The van der Waals surface area contributed by atoms with Crippen molar-refractivity contribution < 1.29 is 19.1 Å². The Morgan fingerprint density at radius 1 is 0.800 bits per heavy atom. The fraction of sp³-hybridized carbons (Fsp3) is 0.176. The fourth-order valence-electron chi connectivity index (χ4n) is 5.24. The van der Waals surface area contributed by atoms with E-state index in [1.54, 1.807) is 0 Å². The second kappa shape index (κ2) is 10.6. The first-order valence-electron chi connectivity index (χ1n) is 13.3. The Morgan fingerprint density at radius 2 is 1.40 bits per heavy atom. The lowest BCUT2D eigenvalue weighted by molar-refractivity contribution is -0.143. The van der Waals surface area contributed by atoms with Crippen molar-refractivity contribution in [3.63, 3.8) is 0 Å². The van der Waals surface area contributed by atoms with Gasteiger partial charge in [0.05, 0.1) is 12.5 Å². The van der Waals surface area contributed by atoms with Crippen LogP contribution in [0.15, 0.2) is 103 Å². The molecule has 1 aromatic heterocycles. The van der Waals surface area contributed by atoms with E-state index in [0.29, 0.717) is 0 Å². The van der Waals surface area contributed by atoms with E-state index in [2.05, 4.69) is 53.8 Å². The molecule has 40 heavy (non-hydrogen) atoms. The van der Waals surface area contributed by atoms with Crippen LogP contribution in [0.2, 0.25) is 0 Å². The molecule has 1 heterocycles. The molecule has 4 aromatic carbocycles. The molecule has 1 aliphatic carbocycles. The number of benzene rings is 4. The summed E-state index contributed by atoms with van der Waals surface area (Å²) in [4.78, 5) is 25.2. The summed E-state index contributed by atoms with van der Waals surface area (Å²) in [6, 6.07) is 34.4. The maximum Gasteiger partial charge on any atom is 0.412 e. The molecule has 200 valence electrons. The van der Waals surface area contributed by atoms with Gasteiger partial charge in [0.15, 0.2) is 0 Å². The van der Waals surface area contributed by atoms with Crippen molar-refractivity contribution in [3.05, 3.63) is 114 Å². The van der Waals surface area contributed by atoms with Crippen molar-refractivity contribution in [3.8, 4) is 22.3 Å². The first-order valence-corrected chi connectivity index (χ1v) is 14.1. The van der Waals surface area contributed by atoms with Crippen LogP contribution in [-0.2, 0) is 19.7 Å². The lowest BCUT2D eigenvalue weighted by Gasteiger charge is -2.15. The number of carbonyl (C=O) groups excluding carboxylic acids is 2. The second-order valence-corrected chi connectivity index (χ2v) is 11.2. The third kappa shape index (κ3) is 4.87. The maximum absolute atomic E-state index is 12.9. The Bertz CT molecular complexity index is 1670. The highest BCUT2D eigenvalue weighted by Crippen LogP contribution is 2.49. The summed E-state index contributed by atoms with van der Waals surface area (Å²) in [6.07, 6.45) is 0.808. The van der Waals surface area contributed by atoms with Gasteiger partial charge in [0.25, 0.3) is 0 Å². The van der Waals surface area contributed by atoms with Gasteiger partial charge in [-0.1, -0.05) is 97.1 Å². The van der Waals surface area contributed by atoms with Gasteiger partial charge in [-0.15, -0.1) is 11.3 Å². The van der Waals surface area contributed by atoms with Crippen LogP contribution in [0.3, 0.4) is 0 Å².